The minimum Gasteiger partial charge on any atom is -0.489 e. The van der Waals surface area contributed by atoms with Crippen molar-refractivity contribution in [1.82, 2.24) is 4.90 Å². The summed E-state index contributed by atoms with van der Waals surface area (Å²) in [5, 5.41) is 2.54. The SMILES string of the molecule is CN1CCN(c2cccc3ccc(OCc4ccccc4)cc23)CC1. The second-order valence-electron chi connectivity index (χ2n) is 6.72. The van der Waals surface area contributed by atoms with Gasteiger partial charge in [0.05, 0.1) is 0 Å². The number of likely N-dealkylation sites (N-methyl/N-ethyl adjacent to an activating group) is 1. The molecule has 3 nitrogen and oxygen atoms in total. The summed E-state index contributed by atoms with van der Waals surface area (Å²) >= 11 is 0. The summed E-state index contributed by atoms with van der Waals surface area (Å²) in [6.45, 7) is 4.97. The molecule has 128 valence electrons. The summed E-state index contributed by atoms with van der Waals surface area (Å²) in [5.41, 5.74) is 2.51. The van der Waals surface area contributed by atoms with Crippen LogP contribution < -0.4 is 9.64 Å². The van der Waals surface area contributed by atoms with Gasteiger partial charge in [-0.25, -0.2) is 0 Å². The molecule has 0 aromatic heterocycles. The van der Waals surface area contributed by atoms with Crippen molar-refractivity contribution in [3.8, 4) is 5.75 Å². The molecule has 0 atom stereocenters. The van der Waals surface area contributed by atoms with Crippen molar-refractivity contribution in [2.75, 3.05) is 38.1 Å². The molecule has 0 spiro atoms. The van der Waals surface area contributed by atoms with Crippen LogP contribution in [-0.2, 0) is 6.61 Å². The molecule has 1 fully saturated rings. The zero-order valence-electron chi connectivity index (χ0n) is 14.7. The third-order valence-corrected chi connectivity index (χ3v) is 4.92. The Bertz CT molecular complexity index is 839. The van der Waals surface area contributed by atoms with E-state index in [0.717, 1.165) is 31.9 Å². The van der Waals surface area contributed by atoms with E-state index in [4.69, 9.17) is 4.74 Å². The van der Waals surface area contributed by atoms with E-state index in [1.165, 1.54) is 22.0 Å². The highest BCUT2D eigenvalue weighted by Crippen LogP contribution is 2.31. The van der Waals surface area contributed by atoms with Crippen LogP contribution in [0.5, 0.6) is 5.75 Å². The molecule has 4 rings (SSSR count). The normalized spacial score (nSPS) is 15.5. The van der Waals surface area contributed by atoms with Gasteiger partial charge in [-0.2, -0.15) is 0 Å². The number of fused-ring (bicyclic) bond motifs is 1. The van der Waals surface area contributed by atoms with E-state index in [9.17, 15) is 0 Å². The number of anilines is 1. The Morgan fingerprint density at radius 1 is 0.840 bits per heavy atom. The summed E-state index contributed by atoms with van der Waals surface area (Å²) in [5.74, 6) is 0.929. The van der Waals surface area contributed by atoms with Crippen molar-refractivity contribution < 1.29 is 4.74 Å². The van der Waals surface area contributed by atoms with Gasteiger partial charge in [0, 0.05) is 37.3 Å². The van der Waals surface area contributed by atoms with E-state index in [0.29, 0.717) is 6.61 Å². The fourth-order valence-corrected chi connectivity index (χ4v) is 3.39. The maximum absolute atomic E-state index is 6.03. The van der Waals surface area contributed by atoms with Crippen molar-refractivity contribution >= 4 is 16.5 Å². The molecule has 0 saturated carbocycles. The Morgan fingerprint density at radius 3 is 2.44 bits per heavy atom. The third-order valence-electron chi connectivity index (χ3n) is 4.92. The maximum Gasteiger partial charge on any atom is 0.120 e. The summed E-state index contributed by atoms with van der Waals surface area (Å²) in [7, 11) is 2.19. The standard InChI is InChI=1S/C22H24N2O/c1-23-12-14-24(15-13-23)22-9-5-8-19-10-11-20(16-21(19)22)25-17-18-6-3-2-4-7-18/h2-11,16H,12-15,17H2,1H3. The van der Waals surface area contributed by atoms with Gasteiger partial charge in [0.25, 0.3) is 0 Å². The monoisotopic (exact) mass is 332 g/mol. The molecule has 0 amide bonds. The molecule has 0 radical (unpaired) electrons. The predicted molar refractivity (Wildman–Crippen MR) is 104 cm³/mol. The molecule has 1 heterocycles. The lowest BCUT2D eigenvalue weighted by molar-refractivity contribution is 0.306. The molecule has 0 bridgehead atoms. The van der Waals surface area contributed by atoms with Gasteiger partial charge in [0.15, 0.2) is 0 Å². The zero-order valence-corrected chi connectivity index (χ0v) is 14.7. The number of piperazine rings is 1. The molecular weight excluding hydrogens is 308 g/mol. The van der Waals surface area contributed by atoms with Crippen LogP contribution in [0.1, 0.15) is 5.56 Å². The summed E-state index contributed by atoms with van der Waals surface area (Å²) in [6.07, 6.45) is 0. The van der Waals surface area contributed by atoms with Gasteiger partial charge in [-0.3, -0.25) is 0 Å². The fourth-order valence-electron chi connectivity index (χ4n) is 3.39. The first-order valence-electron chi connectivity index (χ1n) is 8.92. The molecule has 25 heavy (non-hydrogen) atoms. The Labute approximate surface area is 149 Å². The Kier molecular flexibility index (Phi) is 4.57. The first kappa shape index (κ1) is 16.0. The molecule has 1 saturated heterocycles. The van der Waals surface area contributed by atoms with Gasteiger partial charge in [-0.05, 0) is 36.2 Å². The topological polar surface area (TPSA) is 15.7 Å². The Hall–Kier alpha value is -2.52. The maximum atomic E-state index is 6.03. The second-order valence-corrected chi connectivity index (χ2v) is 6.72. The van der Waals surface area contributed by atoms with Crippen molar-refractivity contribution in [3.05, 3.63) is 72.3 Å². The second kappa shape index (κ2) is 7.16. The number of nitrogens with zero attached hydrogens (tertiary/aromatic N) is 2. The minimum atomic E-state index is 0.600. The number of ether oxygens (including phenoxy) is 1. The van der Waals surface area contributed by atoms with Gasteiger partial charge >= 0.3 is 0 Å². The number of rotatable bonds is 4. The number of hydrogen-bond acceptors (Lipinski definition) is 3. The lowest BCUT2D eigenvalue weighted by atomic mass is 10.1. The van der Waals surface area contributed by atoms with Gasteiger partial charge < -0.3 is 14.5 Å². The molecule has 0 unspecified atom stereocenters. The van der Waals surface area contributed by atoms with Crippen molar-refractivity contribution in [3.63, 3.8) is 0 Å². The fraction of sp³-hybridized carbons (Fsp3) is 0.273. The van der Waals surface area contributed by atoms with E-state index < -0.39 is 0 Å². The van der Waals surface area contributed by atoms with Crippen LogP contribution in [0.2, 0.25) is 0 Å². The van der Waals surface area contributed by atoms with Gasteiger partial charge in [-0.1, -0.05) is 48.5 Å². The van der Waals surface area contributed by atoms with Crippen LogP contribution in [0.4, 0.5) is 5.69 Å². The van der Waals surface area contributed by atoms with Crippen LogP contribution in [0.3, 0.4) is 0 Å². The van der Waals surface area contributed by atoms with Gasteiger partial charge in [-0.15, -0.1) is 0 Å². The average molecular weight is 332 g/mol. The first-order valence-corrected chi connectivity index (χ1v) is 8.92. The molecular formula is C22H24N2O. The molecule has 3 heteroatoms. The summed E-state index contributed by atoms with van der Waals surface area (Å²) in [6, 6.07) is 23.3. The zero-order chi connectivity index (χ0) is 17.1. The molecule has 0 N–H and O–H groups in total. The van der Waals surface area contributed by atoms with Gasteiger partial charge in [0.1, 0.15) is 12.4 Å². The van der Waals surface area contributed by atoms with E-state index in [-0.39, 0.29) is 0 Å². The third kappa shape index (κ3) is 3.62. The molecule has 0 aliphatic carbocycles. The number of hydrogen-bond donors (Lipinski definition) is 0. The minimum absolute atomic E-state index is 0.600. The first-order chi connectivity index (χ1) is 12.3. The quantitative estimate of drug-likeness (QED) is 0.713. The van der Waals surface area contributed by atoms with Crippen LogP contribution in [0.25, 0.3) is 10.8 Å². The lowest BCUT2D eigenvalue weighted by Gasteiger charge is -2.34. The summed E-state index contributed by atoms with van der Waals surface area (Å²) in [4.78, 5) is 4.87. The lowest BCUT2D eigenvalue weighted by Crippen LogP contribution is -2.44. The highest BCUT2D eigenvalue weighted by molar-refractivity contribution is 5.95. The smallest absolute Gasteiger partial charge is 0.120 e. The van der Waals surface area contributed by atoms with Crippen LogP contribution in [-0.4, -0.2) is 38.1 Å². The van der Waals surface area contributed by atoms with Crippen LogP contribution in [0.15, 0.2) is 66.7 Å². The highest BCUT2D eigenvalue weighted by atomic mass is 16.5. The van der Waals surface area contributed by atoms with E-state index in [1.807, 2.05) is 18.2 Å². The Balaban J connectivity index is 1.59. The van der Waals surface area contributed by atoms with Crippen molar-refractivity contribution in [2.45, 2.75) is 6.61 Å². The van der Waals surface area contributed by atoms with Crippen LogP contribution in [0, 0.1) is 0 Å². The van der Waals surface area contributed by atoms with Crippen molar-refractivity contribution in [2.24, 2.45) is 0 Å². The van der Waals surface area contributed by atoms with E-state index >= 15 is 0 Å². The molecule has 3 aromatic carbocycles. The largest absolute Gasteiger partial charge is 0.489 e. The molecule has 3 aromatic rings. The average Bonchev–Trinajstić information content (AvgIpc) is 2.67. The van der Waals surface area contributed by atoms with E-state index in [2.05, 4.69) is 65.4 Å². The number of benzene rings is 3. The molecule has 1 aliphatic heterocycles. The predicted octanol–water partition coefficient (Wildman–Crippen LogP) is 4.17. The highest BCUT2D eigenvalue weighted by Gasteiger charge is 2.16. The Morgan fingerprint density at radius 2 is 1.64 bits per heavy atom. The van der Waals surface area contributed by atoms with Crippen LogP contribution >= 0.6 is 0 Å². The molecule has 1 aliphatic rings. The van der Waals surface area contributed by atoms with Crippen molar-refractivity contribution in [1.29, 1.82) is 0 Å². The van der Waals surface area contributed by atoms with E-state index in [1.54, 1.807) is 0 Å². The van der Waals surface area contributed by atoms with Gasteiger partial charge in [0.2, 0.25) is 0 Å². The summed E-state index contributed by atoms with van der Waals surface area (Å²) < 4.78 is 6.03.